The van der Waals surface area contributed by atoms with Gasteiger partial charge in [0.2, 0.25) is 5.88 Å². The molecular weight excluding hydrogens is 386 g/mol. The Morgan fingerprint density at radius 2 is 1.65 bits per heavy atom. The number of aromatic nitrogens is 3. The van der Waals surface area contributed by atoms with Crippen LogP contribution in [0.25, 0.3) is 21.9 Å². The van der Waals surface area contributed by atoms with Gasteiger partial charge in [-0.3, -0.25) is 0 Å². The number of benzene rings is 2. The molecule has 1 atom stereocenters. The third-order valence-electron chi connectivity index (χ3n) is 5.99. The molecule has 0 spiro atoms. The molecule has 6 nitrogen and oxygen atoms in total. The van der Waals surface area contributed by atoms with E-state index in [4.69, 9.17) is 25.4 Å². The second-order valence-corrected chi connectivity index (χ2v) is 8.09. The van der Waals surface area contributed by atoms with E-state index in [2.05, 4.69) is 30.0 Å². The predicted molar refractivity (Wildman–Crippen MR) is 125 cm³/mol. The molecule has 31 heavy (non-hydrogen) atoms. The molecule has 2 aromatic carbocycles. The highest BCUT2D eigenvalue weighted by molar-refractivity contribution is 5.80. The number of nitrogens with zero attached hydrogens (tertiary/aromatic N) is 4. The first-order valence-corrected chi connectivity index (χ1v) is 11.0. The van der Waals surface area contributed by atoms with Gasteiger partial charge >= 0.3 is 0 Å². The third-order valence-corrected chi connectivity index (χ3v) is 5.99. The summed E-state index contributed by atoms with van der Waals surface area (Å²) in [5.41, 5.74) is 9.56. The van der Waals surface area contributed by atoms with E-state index >= 15 is 0 Å². The van der Waals surface area contributed by atoms with E-state index in [1.165, 1.54) is 0 Å². The van der Waals surface area contributed by atoms with Gasteiger partial charge in [-0.1, -0.05) is 37.3 Å². The number of hydrogen-bond donors (Lipinski definition) is 1. The molecule has 1 aliphatic rings. The summed E-state index contributed by atoms with van der Waals surface area (Å²) in [6.45, 7) is 4.36. The Hall–Kier alpha value is -3.25. The van der Waals surface area contributed by atoms with Gasteiger partial charge in [0, 0.05) is 11.3 Å². The topological polar surface area (TPSA) is 77.2 Å². The summed E-state index contributed by atoms with van der Waals surface area (Å²) in [6, 6.07) is 20.3. The van der Waals surface area contributed by atoms with Crippen LogP contribution in [0.1, 0.15) is 31.4 Å². The minimum absolute atomic E-state index is 0.0675. The van der Waals surface area contributed by atoms with E-state index in [9.17, 15) is 0 Å². The van der Waals surface area contributed by atoms with E-state index in [1.54, 1.807) is 0 Å². The lowest BCUT2D eigenvalue weighted by Gasteiger charge is -2.40. The molecule has 2 aromatic heterocycles. The maximum Gasteiger partial charge on any atom is 0.236 e. The molecule has 1 aliphatic heterocycles. The van der Waals surface area contributed by atoms with Crippen LogP contribution in [0.2, 0.25) is 0 Å². The third kappa shape index (κ3) is 3.91. The van der Waals surface area contributed by atoms with Gasteiger partial charge in [-0.25, -0.2) is 15.0 Å². The highest BCUT2D eigenvalue weighted by atomic mass is 16.5. The SMILES string of the molecule is CCC(CCN)c1nc2ccccc2nc1OC1CN(c2ccc3ccccc3n2)C1. The van der Waals surface area contributed by atoms with Crippen LogP contribution in [0.15, 0.2) is 60.7 Å². The van der Waals surface area contributed by atoms with Gasteiger partial charge in [0.25, 0.3) is 0 Å². The zero-order valence-electron chi connectivity index (χ0n) is 17.7. The Balaban J connectivity index is 1.36. The van der Waals surface area contributed by atoms with Gasteiger partial charge in [-0.2, -0.15) is 0 Å². The van der Waals surface area contributed by atoms with E-state index in [0.29, 0.717) is 12.4 Å². The smallest absolute Gasteiger partial charge is 0.236 e. The van der Waals surface area contributed by atoms with Crippen LogP contribution in [-0.4, -0.2) is 40.7 Å². The maximum absolute atomic E-state index is 6.37. The number of ether oxygens (including phenoxy) is 1. The quantitative estimate of drug-likeness (QED) is 0.487. The largest absolute Gasteiger partial charge is 0.469 e. The van der Waals surface area contributed by atoms with Crippen molar-refractivity contribution >= 4 is 27.8 Å². The zero-order chi connectivity index (χ0) is 21.2. The highest BCUT2D eigenvalue weighted by Crippen LogP contribution is 2.32. The number of hydrogen-bond acceptors (Lipinski definition) is 6. The molecule has 1 saturated heterocycles. The molecule has 6 heteroatoms. The summed E-state index contributed by atoms with van der Waals surface area (Å²) in [4.78, 5) is 16.8. The van der Waals surface area contributed by atoms with E-state index in [0.717, 1.165) is 59.4 Å². The average Bonchev–Trinajstić information content (AvgIpc) is 2.78. The van der Waals surface area contributed by atoms with Crippen molar-refractivity contribution in [2.75, 3.05) is 24.5 Å². The number of pyridine rings is 1. The molecule has 1 fully saturated rings. The number of fused-ring (bicyclic) bond motifs is 2. The summed E-state index contributed by atoms with van der Waals surface area (Å²) in [5.74, 6) is 1.88. The molecule has 1 unspecified atom stereocenters. The molecule has 2 N–H and O–H groups in total. The van der Waals surface area contributed by atoms with Gasteiger partial charge in [0.1, 0.15) is 17.6 Å². The Morgan fingerprint density at radius 3 is 2.39 bits per heavy atom. The summed E-state index contributed by atoms with van der Waals surface area (Å²) in [6.07, 6.45) is 1.90. The van der Waals surface area contributed by atoms with Crippen LogP contribution in [0.3, 0.4) is 0 Å². The molecule has 158 valence electrons. The molecule has 0 radical (unpaired) electrons. The van der Waals surface area contributed by atoms with Gasteiger partial charge in [0.05, 0.1) is 29.6 Å². The summed E-state index contributed by atoms with van der Waals surface area (Å²) in [5, 5.41) is 1.15. The molecular formula is C25H27N5O. The Morgan fingerprint density at radius 1 is 0.935 bits per heavy atom. The number of anilines is 1. The van der Waals surface area contributed by atoms with Crippen molar-refractivity contribution in [1.29, 1.82) is 0 Å². The van der Waals surface area contributed by atoms with Crippen molar-refractivity contribution in [3.05, 3.63) is 66.4 Å². The van der Waals surface area contributed by atoms with Crippen molar-refractivity contribution in [2.24, 2.45) is 5.73 Å². The van der Waals surface area contributed by atoms with Crippen molar-refractivity contribution < 1.29 is 4.74 Å². The molecule has 0 bridgehead atoms. The fraction of sp³-hybridized carbons (Fsp3) is 0.320. The summed E-state index contributed by atoms with van der Waals surface area (Å²) >= 11 is 0. The van der Waals surface area contributed by atoms with Crippen molar-refractivity contribution in [2.45, 2.75) is 31.8 Å². The lowest BCUT2D eigenvalue weighted by Crippen LogP contribution is -2.54. The fourth-order valence-corrected chi connectivity index (χ4v) is 4.17. The molecule has 0 saturated carbocycles. The maximum atomic E-state index is 6.37. The van der Waals surface area contributed by atoms with Gasteiger partial charge in [0.15, 0.2) is 0 Å². The molecule has 0 aliphatic carbocycles. The molecule has 5 rings (SSSR count). The van der Waals surface area contributed by atoms with Crippen molar-refractivity contribution in [3.63, 3.8) is 0 Å². The zero-order valence-corrected chi connectivity index (χ0v) is 17.7. The Labute approximate surface area is 182 Å². The second kappa shape index (κ2) is 8.47. The first kappa shape index (κ1) is 19.7. The normalized spacial score (nSPS) is 15.2. The predicted octanol–water partition coefficient (Wildman–Crippen LogP) is 4.29. The van der Waals surface area contributed by atoms with Gasteiger partial charge in [-0.15, -0.1) is 0 Å². The van der Waals surface area contributed by atoms with Crippen LogP contribution in [0.4, 0.5) is 5.82 Å². The number of nitrogens with two attached hydrogens (primary N) is 1. The van der Waals surface area contributed by atoms with Crippen LogP contribution in [-0.2, 0) is 0 Å². The lowest BCUT2D eigenvalue weighted by molar-refractivity contribution is 0.157. The molecule has 4 aromatic rings. The standard InChI is InChI=1S/C25H27N5O/c1-2-17(13-14-26)24-25(29-22-10-6-5-9-21(22)28-24)31-19-15-30(16-19)23-12-11-18-7-3-4-8-20(18)27-23/h3-12,17,19H,2,13-16,26H2,1H3. The first-order valence-electron chi connectivity index (χ1n) is 11.0. The van der Waals surface area contributed by atoms with Crippen molar-refractivity contribution in [3.8, 4) is 5.88 Å². The first-order chi connectivity index (χ1) is 15.2. The van der Waals surface area contributed by atoms with E-state index in [1.807, 2.05) is 42.5 Å². The van der Waals surface area contributed by atoms with Crippen molar-refractivity contribution in [1.82, 2.24) is 15.0 Å². The number of rotatable bonds is 7. The Bertz CT molecular complexity index is 1200. The van der Waals surface area contributed by atoms with Crippen LogP contribution in [0, 0.1) is 0 Å². The lowest BCUT2D eigenvalue weighted by atomic mass is 9.98. The Kier molecular flexibility index (Phi) is 5.38. The number of para-hydroxylation sites is 3. The second-order valence-electron chi connectivity index (χ2n) is 8.09. The summed E-state index contributed by atoms with van der Waals surface area (Å²) < 4.78 is 6.37. The highest BCUT2D eigenvalue weighted by Gasteiger charge is 2.31. The fourth-order valence-electron chi connectivity index (χ4n) is 4.17. The average molecular weight is 414 g/mol. The summed E-state index contributed by atoms with van der Waals surface area (Å²) in [7, 11) is 0. The van der Waals surface area contributed by atoms with Crippen LogP contribution < -0.4 is 15.4 Å². The minimum Gasteiger partial charge on any atom is -0.469 e. The van der Waals surface area contributed by atoms with Gasteiger partial charge in [-0.05, 0) is 49.7 Å². The van der Waals surface area contributed by atoms with Crippen LogP contribution >= 0.6 is 0 Å². The van der Waals surface area contributed by atoms with Gasteiger partial charge < -0.3 is 15.4 Å². The van der Waals surface area contributed by atoms with E-state index in [-0.39, 0.29) is 12.0 Å². The molecule has 3 heterocycles. The minimum atomic E-state index is 0.0675. The van der Waals surface area contributed by atoms with Crippen LogP contribution in [0.5, 0.6) is 5.88 Å². The monoisotopic (exact) mass is 413 g/mol. The van der Waals surface area contributed by atoms with E-state index < -0.39 is 0 Å². The molecule has 0 amide bonds.